The van der Waals surface area contributed by atoms with Gasteiger partial charge in [0.2, 0.25) is 0 Å². The van der Waals surface area contributed by atoms with Gasteiger partial charge in [0, 0.05) is 13.6 Å². The van der Waals surface area contributed by atoms with Gasteiger partial charge in [0.05, 0.1) is 18.2 Å². The van der Waals surface area contributed by atoms with E-state index in [1.165, 1.54) is 37.2 Å². The summed E-state index contributed by atoms with van der Waals surface area (Å²) in [5.41, 5.74) is 0. The lowest BCUT2D eigenvalue weighted by Crippen LogP contribution is -2.48. The molecule has 0 spiro atoms. The van der Waals surface area contributed by atoms with Crippen LogP contribution < -0.4 is 10.6 Å². The third-order valence-electron chi connectivity index (χ3n) is 4.55. The van der Waals surface area contributed by atoms with E-state index in [4.69, 9.17) is 4.74 Å². The molecule has 3 saturated heterocycles. The van der Waals surface area contributed by atoms with Gasteiger partial charge >= 0.3 is 0 Å². The fourth-order valence-corrected chi connectivity index (χ4v) is 4.56. The fourth-order valence-electron chi connectivity index (χ4n) is 3.35. The standard InChI is InChI=1S/C14H25N3OS/c1-15-14(16-9-10-4-6-19-7-5-10)17-12-8-11-2-3-13(12)18-11/h10-13H,2-9H2,1H3,(H2,15,16,17). The number of ether oxygens (including phenoxy) is 1. The van der Waals surface area contributed by atoms with Gasteiger partial charge in [0.1, 0.15) is 0 Å². The Morgan fingerprint density at radius 3 is 2.74 bits per heavy atom. The number of hydrogen-bond donors (Lipinski definition) is 2. The monoisotopic (exact) mass is 283 g/mol. The van der Waals surface area contributed by atoms with Crippen LogP contribution >= 0.6 is 11.8 Å². The Morgan fingerprint density at radius 1 is 1.26 bits per heavy atom. The van der Waals surface area contributed by atoms with Crippen molar-refractivity contribution in [2.45, 2.75) is 50.4 Å². The molecule has 5 heteroatoms. The Labute approximate surface area is 120 Å². The molecule has 108 valence electrons. The number of aliphatic imine (C=N–C) groups is 1. The molecule has 3 aliphatic rings. The summed E-state index contributed by atoms with van der Waals surface area (Å²) < 4.78 is 5.88. The van der Waals surface area contributed by atoms with E-state index in [2.05, 4.69) is 27.4 Å². The van der Waals surface area contributed by atoms with E-state index < -0.39 is 0 Å². The van der Waals surface area contributed by atoms with Gasteiger partial charge in [0.25, 0.3) is 0 Å². The van der Waals surface area contributed by atoms with Crippen LogP contribution in [0.5, 0.6) is 0 Å². The van der Waals surface area contributed by atoms with Crippen molar-refractivity contribution < 1.29 is 4.74 Å². The summed E-state index contributed by atoms with van der Waals surface area (Å²) >= 11 is 2.08. The number of thioether (sulfide) groups is 1. The molecule has 2 N–H and O–H groups in total. The van der Waals surface area contributed by atoms with Crippen LogP contribution in [-0.4, -0.2) is 49.3 Å². The van der Waals surface area contributed by atoms with Crippen LogP contribution in [0.4, 0.5) is 0 Å². The van der Waals surface area contributed by atoms with Crippen molar-refractivity contribution in [1.82, 2.24) is 10.6 Å². The fraction of sp³-hybridized carbons (Fsp3) is 0.929. The highest BCUT2D eigenvalue weighted by molar-refractivity contribution is 7.99. The van der Waals surface area contributed by atoms with E-state index in [1.807, 2.05) is 7.05 Å². The minimum absolute atomic E-state index is 0.412. The second-order valence-electron chi connectivity index (χ2n) is 5.87. The summed E-state index contributed by atoms with van der Waals surface area (Å²) in [4.78, 5) is 4.35. The van der Waals surface area contributed by atoms with Crippen molar-refractivity contribution >= 4 is 17.7 Å². The molecule has 0 saturated carbocycles. The van der Waals surface area contributed by atoms with E-state index in [1.54, 1.807) is 0 Å². The maximum atomic E-state index is 5.88. The van der Waals surface area contributed by atoms with Crippen LogP contribution in [0.25, 0.3) is 0 Å². The topological polar surface area (TPSA) is 45.7 Å². The molecule has 3 rings (SSSR count). The van der Waals surface area contributed by atoms with Crippen molar-refractivity contribution in [3.63, 3.8) is 0 Å². The van der Waals surface area contributed by atoms with Gasteiger partial charge < -0.3 is 15.4 Å². The van der Waals surface area contributed by atoms with E-state index in [9.17, 15) is 0 Å². The Balaban J connectivity index is 1.43. The second-order valence-corrected chi connectivity index (χ2v) is 7.09. The lowest BCUT2D eigenvalue weighted by molar-refractivity contribution is 0.0992. The zero-order valence-electron chi connectivity index (χ0n) is 11.7. The molecule has 4 nitrogen and oxygen atoms in total. The maximum Gasteiger partial charge on any atom is 0.191 e. The first kappa shape index (κ1) is 13.6. The molecule has 3 heterocycles. The highest BCUT2D eigenvalue weighted by Crippen LogP contribution is 2.34. The SMILES string of the molecule is CN=C(NCC1CCSCC1)NC1CC2CCC1O2. The molecule has 3 unspecified atom stereocenters. The van der Waals surface area contributed by atoms with Crippen molar-refractivity contribution in [3.8, 4) is 0 Å². The van der Waals surface area contributed by atoms with E-state index in [-0.39, 0.29) is 0 Å². The highest BCUT2D eigenvalue weighted by Gasteiger charge is 2.41. The number of fused-ring (bicyclic) bond motifs is 2. The van der Waals surface area contributed by atoms with Gasteiger partial charge in [0.15, 0.2) is 5.96 Å². The Kier molecular flexibility index (Phi) is 4.53. The summed E-state index contributed by atoms with van der Waals surface area (Å²) in [7, 11) is 1.86. The third-order valence-corrected chi connectivity index (χ3v) is 5.60. The summed E-state index contributed by atoms with van der Waals surface area (Å²) in [5.74, 6) is 4.41. The first-order valence-electron chi connectivity index (χ1n) is 7.55. The zero-order chi connectivity index (χ0) is 13.1. The molecular formula is C14H25N3OS. The molecule has 0 aromatic carbocycles. The van der Waals surface area contributed by atoms with E-state index in [0.717, 1.165) is 24.8 Å². The smallest absolute Gasteiger partial charge is 0.191 e. The van der Waals surface area contributed by atoms with Gasteiger partial charge in [-0.05, 0) is 49.5 Å². The second kappa shape index (κ2) is 6.35. The average molecular weight is 283 g/mol. The van der Waals surface area contributed by atoms with Gasteiger partial charge in [-0.3, -0.25) is 4.99 Å². The molecule has 0 aromatic rings. The summed E-state index contributed by atoms with van der Waals surface area (Å²) in [6.45, 7) is 1.06. The quantitative estimate of drug-likeness (QED) is 0.610. The Hall–Kier alpha value is -0.420. The molecular weight excluding hydrogens is 258 g/mol. The van der Waals surface area contributed by atoms with Gasteiger partial charge in [-0.1, -0.05) is 0 Å². The Bertz CT molecular complexity index is 331. The molecule has 3 atom stereocenters. The normalized spacial score (nSPS) is 35.6. The minimum Gasteiger partial charge on any atom is -0.373 e. The zero-order valence-corrected chi connectivity index (χ0v) is 12.5. The predicted molar refractivity (Wildman–Crippen MR) is 80.8 cm³/mol. The number of rotatable bonds is 3. The highest BCUT2D eigenvalue weighted by atomic mass is 32.2. The average Bonchev–Trinajstić information content (AvgIpc) is 3.07. The van der Waals surface area contributed by atoms with Crippen molar-refractivity contribution in [3.05, 3.63) is 0 Å². The maximum absolute atomic E-state index is 5.88. The lowest BCUT2D eigenvalue weighted by atomic mass is 9.96. The van der Waals surface area contributed by atoms with Crippen LogP contribution in [0.1, 0.15) is 32.1 Å². The van der Waals surface area contributed by atoms with Crippen LogP contribution in [0.2, 0.25) is 0 Å². The predicted octanol–water partition coefficient (Wildman–Crippen LogP) is 1.61. The molecule has 0 aromatic heterocycles. The molecule has 19 heavy (non-hydrogen) atoms. The van der Waals surface area contributed by atoms with Crippen LogP contribution in [0.15, 0.2) is 4.99 Å². The first-order chi connectivity index (χ1) is 9.35. The van der Waals surface area contributed by atoms with Gasteiger partial charge in [-0.2, -0.15) is 11.8 Å². The van der Waals surface area contributed by atoms with Crippen molar-refractivity contribution in [2.24, 2.45) is 10.9 Å². The molecule has 0 radical (unpaired) electrons. The lowest BCUT2D eigenvalue weighted by Gasteiger charge is -2.25. The van der Waals surface area contributed by atoms with Gasteiger partial charge in [-0.25, -0.2) is 0 Å². The van der Waals surface area contributed by atoms with Crippen LogP contribution in [-0.2, 0) is 4.74 Å². The number of guanidine groups is 1. The molecule has 0 aliphatic carbocycles. The van der Waals surface area contributed by atoms with Crippen LogP contribution in [0, 0.1) is 5.92 Å². The van der Waals surface area contributed by atoms with Crippen LogP contribution in [0.3, 0.4) is 0 Å². The van der Waals surface area contributed by atoms with E-state index in [0.29, 0.717) is 18.2 Å². The largest absolute Gasteiger partial charge is 0.373 e. The minimum atomic E-state index is 0.412. The number of nitrogens with one attached hydrogen (secondary N) is 2. The molecule has 0 amide bonds. The first-order valence-corrected chi connectivity index (χ1v) is 8.71. The molecule has 3 fully saturated rings. The summed E-state index contributed by atoms with van der Waals surface area (Å²) in [6.07, 6.45) is 7.18. The third kappa shape index (κ3) is 3.37. The summed E-state index contributed by atoms with van der Waals surface area (Å²) in [5, 5.41) is 7.04. The van der Waals surface area contributed by atoms with Gasteiger partial charge in [-0.15, -0.1) is 0 Å². The van der Waals surface area contributed by atoms with E-state index >= 15 is 0 Å². The van der Waals surface area contributed by atoms with Crippen molar-refractivity contribution in [2.75, 3.05) is 25.1 Å². The summed E-state index contributed by atoms with van der Waals surface area (Å²) in [6, 6.07) is 0.465. The Morgan fingerprint density at radius 2 is 2.11 bits per heavy atom. The number of nitrogens with zero attached hydrogens (tertiary/aromatic N) is 1. The van der Waals surface area contributed by atoms with Crippen molar-refractivity contribution in [1.29, 1.82) is 0 Å². The number of hydrogen-bond acceptors (Lipinski definition) is 3. The molecule has 2 bridgehead atoms. The molecule has 3 aliphatic heterocycles.